The molecule has 1 aliphatic carbocycles. The first kappa shape index (κ1) is 10.8. The van der Waals surface area contributed by atoms with E-state index in [2.05, 4.69) is 34.1 Å². The van der Waals surface area contributed by atoms with Crippen LogP contribution in [0.2, 0.25) is 0 Å². The molecule has 1 aromatic carbocycles. The molecule has 3 rings (SSSR count). The molecule has 1 heterocycles. The summed E-state index contributed by atoms with van der Waals surface area (Å²) in [6.45, 7) is 1.87. The van der Waals surface area contributed by atoms with E-state index in [1.165, 1.54) is 30.2 Å². The van der Waals surface area contributed by atoms with Crippen molar-refractivity contribution >= 4 is 15.9 Å². The van der Waals surface area contributed by atoms with Crippen molar-refractivity contribution in [3.63, 3.8) is 0 Å². The van der Waals surface area contributed by atoms with Crippen molar-refractivity contribution in [2.24, 2.45) is 0 Å². The van der Waals surface area contributed by atoms with Gasteiger partial charge in [-0.1, -0.05) is 22.0 Å². The molecule has 86 valence electrons. The molecule has 2 fully saturated rings. The van der Waals surface area contributed by atoms with Crippen LogP contribution in [0.1, 0.15) is 48.6 Å². The summed E-state index contributed by atoms with van der Waals surface area (Å²) in [4.78, 5) is 0. The fraction of sp³-hybridized carbons (Fsp3) is 0.571. The number of benzene rings is 1. The Morgan fingerprint density at radius 2 is 1.94 bits per heavy atom. The third-order valence-electron chi connectivity index (χ3n) is 3.67. The van der Waals surface area contributed by atoms with Crippen LogP contribution in [0.4, 0.5) is 0 Å². The topological polar surface area (TPSA) is 9.23 Å². The maximum Gasteiger partial charge on any atom is 0.0534 e. The molecule has 0 spiro atoms. The lowest BCUT2D eigenvalue weighted by Gasteiger charge is -2.24. The van der Waals surface area contributed by atoms with Gasteiger partial charge in [0.25, 0.3) is 0 Å². The zero-order valence-electron chi connectivity index (χ0n) is 9.42. The van der Waals surface area contributed by atoms with Crippen LogP contribution in [0, 0.1) is 0 Å². The molecule has 0 amide bonds. The fourth-order valence-corrected chi connectivity index (χ4v) is 3.03. The van der Waals surface area contributed by atoms with Crippen LogP contribution in [0.25, 0.3) is 0 Å². The van der Waals surface area contributed by atoms with Gasteiger partial charge in [-0.05, 0) is 54.9 Å². The normalized spacial score (nSPS) is 25.7. The second-order valence-electron chi connectivity index (χ2n) is 4.96. The molecule has 1 aliphatic heterocycles. The maximum absolute atomic E-state index is 5.61. The van der Waals surface area contributed by atoms with Crippen molar-refractivity contribution in [3.8, 4) is 0 Å². The van der Waals surface area contributed by atoms with Gasteiger partial charge < -0.3 is 4.74 Å². The Morgan fingerprint density at radius 3 is 2.62 bits per heavy atom. The van der Waals surface area contributed by atoms with Gasteiger partial charge in [0, 0.05) is 17.0 Å². The first-order valence-corrected chi connectivity index (χ1v) is 7.01. The van der Waals surface area contributed by atoms with Gasteiger partial charge in [0.05, 0.1) is 6.61 Å². The molecule has 1 saturated heterocycles. The van der Waals surface area contributed by atoms with Crippen LogP contribution in [-0.2, 0) is 4.74 Å². The number of hydrogen-bond acceptors (Lipinski definition) is 1. The maximum atomic E-state index is 5.61. The molecular formula is C14H17BrO. The van der Waals surface area contributed by atoms with Gasteiger partial charge >= 0.3 is 0 Å². The molecule has 2 heteroatoms. The minimum Gasteiger partial charge on any atom is -0.381 e. The number of ether oxygens (including phenoxy) is 1. The molecule has 1 saturated carbocycles. The Labute approximate surface area is 105 Å². The molecule has 1 unspecified atom stereocenters. The lowest BCUT2D eigenvalue weighted by Crippen LogP contribution is -2.16. The molecule has 0 bridgehead atoms. The molecule has 2 aliphatic rings. The molecule has 16 heavy (non-hydrogen) atoms. The summed E-state index contributed by atoms with van der Waals surface area (Å²) in [5, 5.41) is 0. The van der Waals surface area contributed by atoms with Gasteiger partial charge in [0.2, 0.25) is 0 Å². The minimum atomic E-state index is 0.637. The SMILES string of the molecule is Brc1ccc(C2CCCOC2)c(C2CC2)c1. The van der Waals surface area contributed by atoms with E-state index >= 15 is 0 Å². The third kappa shape index (κ3) is 2.18. The van der Waals surface area contributed by atoms with Gasteiger partial charge in [-0.15, -0.1) is 0 Å². The highest BCUT2D eigenvalue weighted by atomic mass is 79.9. The van der Waals surface area contributed by atoms with E-state index in [0.717, 1.165) is 19.1 Å². The predicted octanol–water partition coefficient (Wildman–Crippen LogP) is 4.22. The molecule has 1 aromatic rings. The molecule has 0 radical (unpaired) electrons. The Balaban J connectivity index is 1.91. The molecule has 0 N–H and O–H groups in total. The van der Waals surface area contributed by atoms with Crippen molar-refractivity contribution < 1.29 is 4.74 Å². The van der Waals surface area contributed by atoms with Gasteiger partial charge in [-0.3, -0.25) is 0 Å². The minimum absolute atomic E-state index is 0.637. The Hall–Kier alpha value is -0.340. The molecule has 0 aromatic heterocycles. The van der Waals surface area contributed by atoms with Crippen molar-refractivity contribution in [2.75, 3.05) is 13.2 Å². The fourth-order valence-electron chi connectivity index (χ4n) is 2.65. The monoisotopic (exact) mass is 280 g/mol. The number of halogens is 1. The second kappa shape index (κ2) is 4.50. The van der Waals surface area contributed by atoms with Gasteiger partial charge in [0.15, 0.2) is 0 Å². The van der Waals surface area contributed by atoms with Crippen LogP contribution < -0.4 is 0 Å². The van der Waals surface area contributed by atoms with Gasteiger partial charge in [-0.2, -0.15) is 0 Å². The van der Waals surface area contributed by atoms with Gasteiger partial charge in [0.1, 0.15) is 0 Å². The Bertz CT molecular complexity index is 378. The number of hydrogen-bond donors (Lipinski definition) is 0. The van der Waals surface area contributed by atoms with Crippen LogP contribution in [0.3, 0.4) is 0 Å². The quantitative estimate of drug-likeness (QED) is 0.788. The summed E-state index contributed by atoms with van der Waals surface area (Å²) >= 11 is 3.59. The van der Waals surface area contributed by atoms with E-state index in [4.69, 9.17) is 4.74 Å². The highest BCUT2D eigenvalue weighted by molar-refractivity contribution is 9.10. The zero-order valence-corrected chi connectivity index (χ0v) is 11.0. The van der Waals surface area contributed by atoms with Crippen molar-refractivity contribution in [2.45, 2.75) is 37.5 Å². The molecule has 1 atom stereocenters. The van der Waals surface area contributed by atoms with E-state index in [1.54, 1.807) is 11.1 Å². The van der Waals surface area contributed by atoms with E-state index in [9.17, 15) is 0 Å². The summed E-state index contributed by atoms with van der Waals surface area (Å²) in [6, 6.07) is 6.80. The smallest absolute Gasteiger partial charge is 0.0534 e. The first-order valence-electron chi connectivity index (χ1n) is 6.21. The molecule has 1 nitrogen and oxygen atoms in total. The molecular weight excluding hydrogens is 264 g/mol. The first-order chi connectivity index (χ1) is 7.84. The standard InChI is InChI=1S/C14H17BrO/c15-12-5-6-13(11-2-1-7-16-9-11)14(8-12)10-3-4-10/h5-6,8,10-11H,1-4,7,9H2. The average molecular weight is 281 g/mol. The van der Waals surface area contributed by atoms with Crippen molar-refractivity contribution in [1.29, 1.82) is 0 Å². The Kier molecular flexibility index (Phi) is 3.03. The summed E-state index contributed by atoms with van der Waals surface area (Å²) in [5.74, 6) is 1.46. The van der Waals surface area contributed by atoms with Crippen LogP contribution in [-0.4, -0.2) is 13.2 Å². The Morgan fingerprint density at radius 1 is 1.06 bits per heavy atom. The van der Waals surface area contributed by atoms with Crippen LogP contribution in [0.15, 0.2) is 22.7 Å². The largest absolute Gasteiger partial charge is 0.381 e. The summed E-state index contributed by atoms with van der Waals surface area (Å²) in [5.41, 5.74) is 3.12. The van der Waals surface area contributed by atoms with Crippen molar-refractivity contribution in [1.82, 2.24) is 0 Å². The van der Waals surface area contributed by atoms with Crippen LogP contribution in [0.5, 0.6) is 0 Å². The third-order valence-corrected chi connectivity index (χ3v) is 4.16. The summed E-state index contributed by atoms with van der Waals surface area (Å²) in [6.07, 6.45) is 5.25. The van der Waals surface area contributed by atoms with Crippen molar-refractivity contribution in [3.05, 3.63) is 33.8 Å². The van der Waals surface area contributed by atoms with E-state index < -0.39 is 0 Å². The summed E-state index contributed by atoms with van der Waals surface area (Å²) in [7, 11) is 0. The predicted molar refractivity (Wildman–Crippen MR) is 68.9 cm³/mol. The average Bonchev–Trinajstić information content (AvgIpc) is 3.14. The summed E-state index contributed by atoms with van der Waals surface area (Å²) < 4.78 is 6.83. The zero-order chi connectivity index (χ0) is 11.0. The van der Waals surface area contributed by atoms with E-state index in [0.29, 0.717) is 5.92 Å². The second-order valence-corrected chi connectivity index (χ2v) is 5.88. The lowest BCUT2D eigenvalue weighted by molar-refractivity contribution is 0.0802. The van der Waals surface area contributed by atoms with E-state index in [-0.39, 0.29) is 0 Å². The van der Waals surface area contributed by atoms with Crippen LogP contribution >= 0.6 is 15.9 Å². The highest BCUT2D eigenvalue weighted by Crippen LogP contribution is 2.45. The van der Waals surface area contributed by atoms with Gasteiger partial charge in [-0.25, -0.2) is 0 Å². The number of rotatable bonds is 2. The highest BCUT2D eigenvalue weighted by Gasteiger charge is 2.29. The van der Waals surface area contributed by atoms with E-state index in [1.807, 2.05) is 0 Å². The lowest BCUT2D eigenvalue weighted by atomic mass is 9.88.